The van der Waals surface area contributed by atoms with Crippen molar-refractivity contribution in [1.29, 1.82) is 0 Å². The van der Waals surface area contributed by atoms with E-state index in [4.69, 9.17) is 0 Å². The number of halogens is 1. The summed E-state index contributed by atoms with van der Waals surface area (Å²) in [7, 11) is 0. The molecule has 0 bridgehead atoms. The Morgan fingerprint density at radius 3 is 2.52 bits per heavy atom. The summed E-state index contributed by atoms with van der Waals surface area (Å²) in [6.07, 6.45) is 2.29. The normalized spacial score (nSPS) is 10.1. The molecule has 3 N–H and O–H groups in total. The maximum Gasteiger partial charge on any atom is 0.148 e. The number of nitrogens with one attached hydrogen (secondary N) is 3. The van der Waals surface area contributed by atoms with Crippen molar-refractivity contribution in [3.8, 4) is 11.3 Å². The number of rotatable bonds is 8. The Kier molecular flexibility index (Phi) is 8.29. The third-order valence-corrected chi connectivity index (χ3v) is 3.83. The topological polar surface area (TPSA) is 65.6 Å². The zero-order valence-electron chi connectivity index (χ0n) is 16.2. The SMILES string of the molecule is CC.CCCCNc1cccc(CNc2cc(-c3ccc(F)cc3)[nH]n2)n1. The van der Waals surface area contributed by atoms with Gasteiger partial charge in [0.2, 0.25) is 0 Å². The molecule has 0 aliphatic heterocycles. The highest BCUT2D eigenvalue weighted by atomic mass is 19.1. The number of nitrogens with zero attached hydrogens (tertiary/aromatic N) is 2. The van der Waals surface area contributed by atoms with E-state index in [2.05, 4.69) is 32.7 Å². The van der Waals surface area contributed by atoms with Crippen LogP contribution in [0.2, 0.25) is 0 Å². The van der Waals surface area contributed by atoms with Crippen molar-refractivity contribution in [2.45, 2.75) is 40.2 Å². The van der Waals surface area contributed by atoms with Crippen molar-refractivity contribution in [3.05, 3.63) is 60.0 Å². The van der Waals surface area contributed by atoms with E-state index in [1.54, 1.807) is 12.1 Å². The standard InChI is InChI=1S/C19H22FN5.C2H6/c1-2-3-11-21-18-6-4-5-16(23-18)13-22-19-12-17(24-25-19)14-7-9-15(20)10-8-14;1-2/h4-10,12H,2-3,11,13H2,1H3,(H,21,23)(H2,22,24,25);1-2H3. The Bertz CT molecular complexity index is 798. The molecule has 3 rings (SSSR count). The largest absolute Gasteiger partial charge is 0.370 e. The zero-order valence-corrected chi connectivity index (χ0v) is 16.2. The first-order valence-corrected chi connectivity index (χ1v) is 9.49. The molecule has 1 aromatic carbocycles. The van der Waals surface area contributed by atoms with Crippen molar-refractivity contribution >= 4 is 11.6 Å². The molecule has 0 fully saturated rings. The highest BCUT2D eigenvalue weighted by Gasteiger charge is 2.04. The van der Waals surface area contributed by atoms with E-state index in [1.807, 2.05) is 38.1 Å². The molecule has 0 saturated carbocycles. The van der Waals surface area contributed by atoms with Crippen molar-refractivity contribution in [3.63, 3.8) is 0 Å². The summed E-state index contributed by atoms with van der Waals surface area (Å²) >= 11 is 0. The number of hydrogen-bond acceptors (Lipinski definition) is 4. The summed E-state index contributed by atoms with van der Waals surface area (Å²) in [6, 6.07) is 14.2. The number of H-pyrrole nitrogens is 1. The molecule has 5 nitrogen and oxygen atoms in total. The highest BCUT2D eigenvalue weighted by molar-refractivity contribution is 5.62. The number of anilines is 2. The van der Waals surface area contributed by atoms with Gasteiger partial charge in [-0.15, -0.1) is 0 Å². The molecule has 27 heavy (non-hydrogen) atoms. The quantitative estimate of drug-likeness (QED) is 0.461. The molecule has 0 amide bonds. The lowest BCUT2D eigenvalue weighted by atomic mass is 10.1. The molecular weight excluding hydrogens is 341 g/mol. The predicted molar refractivity (Wildman–Crippen MR) is 110 cm³/mol. The van der Waals surface area contributed by atoms with Crippen LogP contribution >= 0.6 is 0 Å². The molecule has 3 aromatic rings. The van der Waals surface area contributed by atoms with E-state index in [-0.39, 0.29) is 5.82 Å². The van der Waals surface area contributed by atoms with Crippen LogP contribution in [0.3, 0.4) is 0 Å². The average molecular weight is 369 g/mol. The molecule has 0 aliphatic carbocycles. The van der Waals surface area contributed by atoms with E-state index in [0.717, 1.165) is 48.0 Å². The minimum absolute atomic E-state index is 0.250. The maximum atomic E-state index is 13.0. The van der Waals surface area contributed by atoms with Crippen molar-refractivity contribution in [1.82, 2.24) is 15.2 Å². The van der Waals surface area contributed by atoms with E-state index in [9.17, 15) is 4.39 Å². The van der Waals surface area contributed by atoms with Gasteiger partial charge in [-0.2, -0.15) is 5.10 Å². The number of benzene rings is 1. The summed E-state index contributed by atoms with van der Waals surface area (Å²) in [5.41, 5.74) is 2.67. The average Bonchev–Trinajstić information content (AvgIpc) is 3.18. The first kappa shape index (κ1) is 20.4. The number of aromatic amines is 1. The number of unbranched alkanes of at least 4 members (excludes halogenated alkanes) is 1. The first-order valence-electron chi connectivity index (χ1n) is 9.49. The van der Waals surface area contributed by atoms with E-state index in [0.29, 0.717) is 6.54 Å². The van der Waals surface area contributed by atoms with Crippen LogP contribution in [0.25, 0.3) is 11.3 Å². The van der Waals surface area contributed by atoms with Crippen LogP contribution < -0.4 is 10.6 Å². The van der Waals surface area contributed by atoms with Gasteiger partial charge < -0.3 is 10.6 Å². The Morgan fingerprint density at radius 2 is 1.78 bits per heavy atom. The molecule has 0 aliphatic rings. The highest BCUT2D eigenvalue weighted by Crippen LogP contribution is 2.20. The molecular formula is C21H28FN5. The molecule has 144 valence electrons. The summed E-state index contributed by atoms with van der Waals surface area (Å²) in [5, 5.41) is 13.8. The Morgan fingerprint density at radius 1 is 1.00 bits per heavy atom. The van der Waals surface area contributed by atoms with Crippen LogP contribution in [0, 0.1) is 5.82 Å². The maximum absolute atomic E-state index is 13.0. The molecule has 0 unspecified atom stereocenters. The second-order valence-corrected chi connectivity index (χ2v) is 5.82. The monoisotopic (exact) mass is 369 g/mol. The molecule has 0 radical (unpaired) electrons. The van der Waals surface area contributed by atoms with Crippen LogP contribution in [0.1, 0.15) is 39.3 Å². The van der Waals surface area contributed by atoms with Crippen LogP contribution in [-0.2, 0) is 6.54 Å². The van der Waals surface area contributed by atoms with Crippen LogP contribution in [0.4, 0.5) is 16.0 Å². The summed E-state index contributed by atoms with van der Waals surface area (Å²) in [4.78, 5) is 4.58. The van der Waals surface area contributed by atoms with Gasteiger partial charge in [0, 0.05) is 12.6 Å². The number of pyridine rings is 1. The minimum atomic E-state index is -0.250. The van der Waals surface area contributed by atoms with Crippen LogP contribution in [-0.4, -0.2) is 21.7 Å². The lowest BCUT2D eigenvalue weighted by Gasteiger charge is -2.07. The number of hydrogen-bond donors (Lipinski definition) is 3. The van der Waals surface area contributed by atoms with Gasteiger partial charge in [-0.3, -0.25) is 5.10 Å². The molecule has 0 spiro atoms. The number of aromatic nitrogens is 3. The predicted octanol–water partition coefficient (Wildman–Crippen LogP) is 5.46. The fraction of sp³-hybridized carbons (Fsp3) is 0.333. The van der Waals surface area contributed by atoms with E-state index >= 15 is 0 Å². The van der Waals surface area contributed by atoms with Gasteiger partial charge in [-0.1, -0.05) is 33.3 Å². The van der Waals surface area contributed by atoms with Gasteiger partial charge in [0.15, 0.2) is 0 Å². The van der Waals surface area contributed by atoms with Gasteiger partial charge in [-0.25, -0.2) is 9.37 Å². The zero-order chi connectivity index (χ0) is 19.5. The first-order chi connectivity index (χ1) is 13.2. The van der Waals surface area contributed by atoms with Crippen molar-refractivity contribution in [2.24, 2.45) is 0 Å². The Labute approximate surface area is 160 Å². The fourth-order valence-electron chi connectivity index (χ4n) is 2.44. The summed E-state index contributed by atoms with van der Waals surface area (Å²) < 4.78 is 13.0. The molecule has 0 saturated heterocycles. The minimum Gasteiger partial charge on any atom is -0.370 e. The third-order valence-electron chi connectivity index (χ3n) is 3.83. The van der Waals surface area contributed by atoms with Crippen LogP contribution in [0.5, 0.6) is 0 Å². The van der Waals surface area contributed by atoms with Gasteiger partial charge in [0.1, 0.15) is 17.5 Å². The Hall–Kier alpha value is -2.89. The molecule has 0 atom stereocenters. The lowest BCUT2D eigenvalue weighted by molar-refractivity contribution is 0.628. The molecule has 2 heterocycles. The molecule has 6 heteroatoms. The van der Waals surface area contributed by atoms with E-state index < -0.39 is 0 Å². The second kappa shape index (κ2) is 11.0. The smallest absolute Gasteiger partial charge is 0.148 e. The Balaban J connectivity index is 0.00000126. The van der Waals surface area contributed by atoms with Gasteiger partial charge in [-0.05, 0) is 48.4 Å². The van der Waals surface area contributed by atoms with Crippen LogP contribution in [0.15, 0.2) is 48.5 Å². The fourth-order valence-corrected chi connectivity index (χ4v) is 2.44. The van der Waals surface area contributed by atoms with Crippen molar-refractivity contribution in [2.75, 3.05) is 17.2 Å². The van der Waals surface area contributed by atoms with Gasteiger partial charge >= 0.3 is 0 Å². The lowest BCUT2D eigenvalue weighted by Crippen LogP contribution is -2.06. The summed E-state index contributed by atoms with van der Waals surface area (Å²) in [6.45, 7) is 7.68. The second-order valence-electron chi connectivity index (χ2n) is 5.82. The van der Waals surface area contributed by atoms with Crippen molar-refractivity contribution < 1.29 is 4.39 Å². The third kappa shape index (κ3) is 6.40. The molecule has 2 aromatic heterocycles. The summed E-state index contributed by atoms with van der Waals surface area (Å²) in [5.74, 6) is 1.37. The van der Waals surface area contributed by atoms with Gasteiger partial charge in [0.25, 0.3) is 0 Å². The van der Waals surface area contributed by atoms with Gasteiger partial charge in [0.05, 0.1) is 17.9 Å². The van der Waals surface area contributed by atoms with E-state index in [1.165, 1.54) is 12.1 Å².